The highest BCUT2D eigenvalue weighted by molar-refractivity contribution is 5.95. The first-order chi connectivity index (χ1) is 12.2. The Labute approximate surface area is 144 Å². The van der Waals surface area contributed by atoms with Crippen LogP contribution in [0, 0.1) is 0 Å². The number of nitrogens with zero attached hydrogens (tertiary/aromatic N) is 2. The second-order valence-electron chi connectivity index (χ2n) is 7.15. The summed E-state index contributed by atoms with van der Waals surface area (Å²) < 4.78 is 11.1. The number of esters is 1. The average Bonchev–Trinajstić information content (AvgIpc) is 3.31. The molecule has 1 amide bonds. The molecule has 6 heteroatoms. The third-order valence-electron chi connectivity index (χ3n) is 5.40. The van der Waals surface area contributed by atoms with E-state index in [1.54, 1.807) is 17.0 Å². The Kier molecular flexibility index (Phi) is 3.04. The lowest BCUT2D eigenvalue weighted by Gasteiger charge is -2.39. The molecule has 1 atom stereocenters. The molecule has 6 nitrogen and oxygen atoms in total. The zero-order valence-electron chi connectivity index (χ0n) is 13.7. The number of fused-ring (bicyclic) bond motifs is 2. The lowest BCUT2D eigenvalue weighted by atomic mass is 9.85. The summed E-state index contributed by atoms with van der Waals surface area (Å²) in [6, 6.07) is 9.21. The number of hydrogen-bond acceptors (Lipinski definition) is 5. The molecular formula is C19H18N2O4. The Balaban J connectivity index is 1.42. The summed E-state index contributed by atoms with van der Waals surface area (Å²) in [7, 11) is 0. The van der Waals surface area contributed by atoms with Crippen LogP contribution in [0.25, 0.3) is 0 Å². The van der Waals surface area contributed by atoms with E-state index in [1.165, 1.54) is 0 Å². The van der Waals surface area contributed by atoms with Crippen molar-refractivity contribution in [2.75, 3.05) is 13.1 Å². The number of amides is 1. The minimum absolute atomic E-state index is 0.157. The SMILES string of the molecule is O=C1O[C@@]2(CCCN(C(=O)c3cc(C4CC4)on3)C2)c2ccccc21. The van der Waals surface area contributed by atoms with Gasteiger partial charge in [-0.15, -0.1) is 0 Å². The predicted octanol–water partition coefficient (Wildman–Crippen LogP) is 2.85. The van der Waals surface area contributed by atoms with E-state index in [4.69, 9.17) is 9.26 Å². The Bertz CT molecular complexity index is 870. The molecule has 0 unspecified atom stereocenters. The summed E-state index contributed by atoms with van der Waals surface area (Å²) in [6.07, 6.45) is 3.71. The molecule has 1 aromatic heterocycles. The molecule has 3 aliphatic rings. The topological polar surface area (TPSA) is 72.6 Å². The van der Waals surface area contributed by atoms with Crippen molar-refractivity contribution >= 4 is 11.9 Å². The largest absolute Gasteiger partial charge is 0.449 e. The molecule has 1 aliphatic carbocycles. The van der Waals surface area contributed by atoms with Crippen molar-refractivity contribution in [3.05, 3.63) is 52.9 Å². The van der Waals surface area contributed by atoms with Gasteiger partial charge in [-0.2, -0.15) is 0 Å². The number of carbonyl (C=O) groups excluding carboxylic acids is 2. The van der Waals surface area contributed by atoms with Crippen LogP contribution in [0.3, 0.4) is 0 Å². The van der Waals surface area contributed by atoms with E-state index in [9.17, 15) is 9.59 Å². The molecule has 0 N–H and O–H groups in total. The van der Waals surface area contributed by atoms with Crippen molar-refractivity contribution in [3.8, 4) is 0 Å². The average molecular weight is 338 g/mol. The van der Waals surface area contributed by atoms with Crippen LogP contribution in [0.1, 0.15) is 63.8 Å². The Morgan fingerprint density at radius 3 is 2.96 bits per heavy atom. The molecule has 1 aromatic carbocycles. The van der Waals surface area contributed by atoms with Gasteiger partial charge in [-0.1, -0.05) is 23.4 Å². The van der Waals surface area contributed by atoms with Crippen LogP contribution < -0.4 is 0 Å². The van der Waals surface area contributed by atoms with Gasteiger partial charge in [0, 0.05) is 24.1 Å². The van der Waals surface area contributed by atoms with E-state index >= 15 is 0 Å². The van der Waals surface area contributed by atoms with Crippen LogP contribution in [0.5, 0.6) is 0 Å². The summed E-state index contributed by atoms with van der Waals surface area (Å²) >= 11 is 0. The van der Waals surface area contributed by atoms with Crippen molar-refractivity contribution in [2.24, 2.45) is 0 Å². The zero-order chi connectivity index (χ0) is 17.0. The number of aromatic nitrogens is 1. The monoisotopic (exact) mass is 338 g/mol. The first kappa shape index (κ1) is 14.7. The maximum Gasteiger partial charge on any atom is 0.339 e. The zero-order valence-corrected chi connectivity index (χ0v) is 13.7. The van der Waals surface area contributed by atoms with Crippen molar-refractivity contribution in [3.63, 3.8) is 0 Å². The summed E-state index contributed by atoms with van der Waals surface area (Å²) in [5.74, 6) is 0.759. The van der Waals surface area contributed by atoms with E-state index in [0.717, 1.165) is 37.0 Å². The van der Waals surface area contributed by atoms with E-state index in [0.29, 0.717) is 30.3 Å². The number of hydrogen-bond donors (Lipinski definition) is 0. The molecule has 2 aromatic rings. The summed E-state index contributed by atoms with van der Waals surface area (Å²) in [5.41, 5.74) is 1.10. The van der Waals surface area contributed by atoms with Crippen molar-refractivity contribution in [1.82, 2.24) is 10.1 Å². The second-order valence-corrected chi connectivity index (χ2v) is 7.15. The molecule has 1 saturated heterocycles. The highest BCUT2D eigenvalue weighted by atomic mass is 16.6. The van der Waals surface area contributed by atoms with Crippen LogP contribution in [0.2, 0.25) is 0 Å². The number of carbonyl (C=O) groups is 2. The van der Waals surface area contributed by atoms with Crippen LogP contribution in [0.4, 0.5) is 0 Å². The molecule has 0 bridgehead atoms. The number of benzene rings is 1. The molecule has 0 radical (unpaired) electrons. The fourth-order valence-corrected chi connectivity index (χ4v) is 3.96. The highest BCUT2D eigenvalue weighted by Gasteiger charge is 2.49. The van der Waals surface area contributed by atoms with Crippen LogP contribution in [-0.2, 0) is 10.3 Å². The summed E-state index contributed by atoms with van der Waals surface area (Å²) in [6.45, 7) is 0.992. The quantitative estimate of drug-likeness (QED) is 0.787. The van der Waals surface area contributed by atoms with Gasteiger partial charge in [-0.05, 0) is 31.7 Å². The minimum Gasteiger partial charge on any atom is -0.449 e. The normalized spacial score (nSPS) is 25.1. The number of ether oxygens (including phenoxy) is 1. The maximum absolute atomic E-state index is 12.9. The van der Waals surface area contributed by atoms with Gasteiger partial charge < -0.3 is 14.2 Å². The maximum atomic E-state index is 12.9. The molecule has 5 rings (SSSR count). The predicted molar refractivity (Wildman–Crippen MR) is 87.2 cm³/mol. The van der Waals surface area contributed by atoms with E-state index in [2.05, 4.69) is 5.16 Å². The highest BCUT2D eigenvalue weighted by Crippen LogP contribution is 2.43. The third kappa shape index (κ3) is 2.27. The van der Waals surface area contributed by atoms with Crippen LogP contribution in [-0.4, -0.2) is 35.0 Å². The third-order valence-corrected chi connectivity index (χ3v) is 5.40. The van der Waals surface area contributed by atoms with Gasteiger partial charge in [0.1, 0.15) is 5.76 Å². The van der Waals surface area contributed by atoms with Gasteiger partial charge in [0.2, 0.25) is 0 Å². The molecule has 25 heavy (non-hydrogen) atoms. The van der Waals surface area contributed by atoms with Crippen molar-refractivity contribution in [1.29, 1.82) is 0 Å². The molecule has 128 valence electrons. The van der Waals surface area contributed by atoms with Gasteiger partial charge >= 0.3 is 5.97 Å². The van der Waals surface area contributed by atoms with Crippen molar-refractivity contribution in [2.45, 2.75) is 37.2 Å². The summed E-state index contributed by atoms with van der Waals surface area (Å²) in [4.78, 5) is 26.8. The number of likely N-dealkylation sites (tertiary alicyclic amines) is 1. The molecule has 2 fully saturated rings. The van der Waals surface area contributed by atoms with Gasteiger partial charge in [-0.3, -0.25) is 4.79 Å². The molecule has 2 aliphatic heterocycles. The second kappa shape index (κ2) is 5.18. The van der Waals surface area contributed by atoms with Gasteiger partial charge in [0.05, 0.1) is 12.1 Å². The van der Waals surface area contributed by atoms with Crippen LogP contribution >= 0.6 is 0 Å². The lowest BCUT2D eigenvalue weighted by molar-refractivity contribution is -0.0443. The minimum atomic E-state index is -0.732. The van der Waals surface area contributed by atoms with Crippen molar-refractivity contribution < 1.29 is 18.8 Å². The molecular weight excluding hydrogens is 320 g/mol. The standard InChI is InChI=1S/C19H18N2O4/c22-17(15-10-16(25-20-15)12-6-7-12)21-9-3-8-19(11-21)14-5-2-1-4-13(14)18(23)24-19/h1-2,4-5,10,12H,3,6-9,11H2/t19-/m1/s1. The fraction of sp³-hybridized carbons (Fsp3) is 0.421. The number of piperidine rings is 1. The van der Waals surface area contributed by atoms with Gasteiger partial charge in [-0.25, -0.2) is 4.79 Å². The smallest absolute Gasteiger partial charge is 0.339 e. The lowest BCUT2D eigenvalue weighted by Crippen LogP contribution is -2.48. The van der Waals surface area contributed by atoms with Crippen LogP contribution in [0.15, 0.2) is 34.9 Å². The van der Waals surface area contributed by atoms with Gasteiger partial charge in [0.15, 0.2) is 11.3 Å². The Morgan fingerprint density at radius 1 is 1.28 bits per heavy atom. The van der Waals surface area contributed by atoms with E-state index in [1.807, 2.05) is 18.2 Å². The van der Waals surface area contributed by atoms with E-state index < -0.39 is 5.60 Å². The van der Waals surface area contributed by atoms with Gasteiger partial charge in [0.25, 0.3) is 5.91 Å². The first-order valence-electron chi connectivity index (χ1n) is 8.75. The van der Waals surface area contributed by atoms with E-state index in [-0.39, 0.29) is 11.9 Å². The molecule has 1 spiro atoms. The number of rotatable bonds is 2. The Hall–Kier alpha value is -2.63. The molecule has 1 saturated carbocycles. The first-order valence-corrected chi connectivity index (χ1v) is 8.75. The summed E-state index contributed by atoms with van der Waals surface area (Å²) in [5, 5.41) is 3.95. The fourth-order valence-electron chi connectivity index (χ4n) is 3.96. The molecule has 3 heterocycles. The Morgan fingerprint density at radius 2 is 2.12 bits per heavy atom.